The fourth-order valence-corrected chi connectivity index (χ4v) is 4.10. The fraction of sp³-hybridized carbons (Fsp3) is 0.346. The van der Waals surface area contributed by atoms with E-state index in [-0.39, 0.29) is 5.63 Å². The number of aryl methyl sites for hydroxylation is 2. The second-order valence-electron chi connectivity index (χ2n) is 9.25. The van der Waals surface area contributed by atoms with Crippen LogP contribution in [-0.2, 0) is 22.4 Å². The summed E-state index contributed by atoms with van der Waals surface area (Å²) in [6.45, 7) is 7.07. The summed E-state index contributed by atoms with van der Waals surface area (Å²) < 4.78 is 16.7. The van der Waals surface area contributed by atoms with Crippen molar-refractivity contribution in [3.8, 4) is 5.75 Å². The molecule has 0 fully saturated rings. The Hall–Kier alpha value is -3.61. The van der Waals surface area contributed by atoms with E-state index in [0.29, 0.717) is 40.7 Å². The number of hydrogen-bond donors (Lipinski definition) is 1. The number of ether oxygens (including phenoxy) is 2. The molecule has 1 aromatic heterocycles. The molecule has 3 aromatic rings. The van der Waals surface area contributed by atoms with Gasteiger partial charge < -0.3 is 19.2 Å². The monoisotopic (exact) mass is 449 g/mol. The van der Waals surface area contributed by atoms with E-state index in [1.165, 1.54) is 0 Å². The molecule has 1 atom stereocenters. The average molecular weight is 450 g/mol. The van der Waals surface area contributed by atoms with Crippen LogP contribution < -0.4 is 15.7 Å². The highest BCUT2D eigenvalue weighted by molar-refractivity contribution is 5.92. The summed E-state index contributed by atoms with van der Waals surface area (Å²) in [7, 11) is 0. The van der Waals surface area contributed by atoms with E-state index in [9.17, 15) is 14.4 Å². The summed E-state index contributed by atoms with van der Waals surface area (Å²) in [5, 5.41) is 3.25. The third-order valence-corrected chi connectivity index (χ3v) is 5.42. The number of benzene rings is 2. The molecule has 7 nitrogen and oxygen atoms in total. The number of hydrogen-bond acceptors (Lipinski definition) is 6. The van der Waals surface area contributed by atoms with E-state index in [1.54, 1.807) is 57.2 Å². The van der Waals surface area contributed by atoms with Gasteiger partial charge in [-0.05, 0) is 75.8 Å². The Bertz CT molecular complexity index is 1270. The van der Waals surface area contributed by atoms with Crippen LogP contribution in [0.3, 0.4) is 0 Å². The summed E-state index contributed by atoms with van der Waals surface area (Å²) in [4.78, 5) is 38.2. The SMILES string of the molecule is Cc1cc(OC(=O)[C@H](NC(=O)OC(C)(C)C)c2ccccc2)c2c3c(c(=O)oc2c1)CCC3. The van der Waals surface area contributed by atoms with Gasteiger partial charge in [-0.25, -0.2) is 14.4 Å². The zero-order chi connectivity index (χ0) is 23.8. The fourth-order valence-electron chi connectivity index (χ4n) is 4.10. The molecule has 33 heavy (non-hydrogen) atoms. The lowest BCUT2D eigenvalue weighted by atomic mass is 10.0. The van der Waals surface area contributed by atoms with Crippen LogP contribution in [0.1, 0.15) is 55.5 Å². The molecule has 1 N–H and O–H groups in total. The van der Waals surface area contributed by atoms with Gasteiger partial charge >= 0.3 is 17.7 Å². The Kier molecular flexibility index (Phi) is 5.97. The number of alkyl carbamates (subject to hydrolysis) is 1. The maximum atomic E-state index is 13.4. The van der Waals surface area contributed by atoms with Crippen LogP contribution in [0.5, 0.6) is 5.75 Å². The minimum absolute atomic E-state index is 0.309. The maximum Gasteiger partial charge on any atom is 0.408 e. The van der Waals surface area contributed by atoms with E-state index >= 15 is 0 Å². The Balaban J connectivity index is 1.72. The van der Waals surface area contributed by atoms with Gasteiger partial charge in [-0.1, -0.05) is 30.3 Å². The number of esters is 1. The van der Waals surface area contributed by atoms with Crippen molar-refractivity contribution in [3.05, 3.63) is 75.1 Å². The average Bonchev–Trinajstić information content (AvgIpc) is 3.21. The molecule has 0 radical (unpaired) electrons. The van der Waals surface area contributed by atoms with Crippen molar-refractivity contribution in [2.75, 3.05) is 0 Å². The molecule has 2 aromatic carbocycles. The molecular formula is C26H27NO6. The van der Waals surface area contributed by atoms with Gasteiger partial charge in [0.2, 0.25) is 0 Å². The van der Waals surface area contributed by atoms with E-state index in [0.717, 1.165) is 17.5 Å². The minimum atomic E-state index is -1.08. The topological polar surface area (TPSA) is 94.8 Å². The molecule has 4 rings (SSSR count). The lowest BCUT2D eigenvalue weighted by Crippen LogP contribution is -2.39. The number of carbonyl (C=O) groups excluding carboxylic acids is 2. The number of nitrogens with one attached hydrogen (secondary N) is 1. The number of amides is 1. The first-order valence-corrected chi connectivity index (χ1v) is 11.0. The molecule has 0 spiro atoms. The zero-order valence-corrected chi connectivity index (χ0v) is 19.2. The molecule has 1 aliphatic carbocycles. The van der Waals surface area contributed by atoms with Crippen LogP contribution in [0, 0.1) is 6.92 Å². The Morgan fingerprint density at radius 1 is 1.06 bits per heavy atom. The third-order valence-electron chi connectivity index (χ3n) is 5.42. The van der Waals surface area contributed by atoms with Crippen LogP contribution in [0.4, 0.5) is 4.79 Å². The third kappa shape index (κ3) is 4.92. The van der Waals surface area contributed by atoms with Crippen LogP contribution in [0.25, 0.3) is 11.0 Å². The molecule has 172 valence electrons. The Labute approximate surface area is 191 Å². The smallest absolute Gasteiger partial charge is 0.408 e. The van der Waals surface area contributed by atoms with Gasteiger partial charge in [0.15, 0.2) is 6.04 Å². The lowest BCUT2D eigenvalue weighted by Gasteiger charge is -2.23. The molecule has 0 aliphatic heterocycles. The minimum Gasteiger partial charge on any atom is -0.444 e. The summed E-state index contributed by atoms with van der Waals surface area (Å²) in [6, 6.07) is 11.3. The van der Waals surface area contributed by atoms with Crippen LogP contribution in [-0.4, -0.2) is 17.7 Å². The normalized spacial score (nSPS) is 13.9. The highest BCUT2D eigenvalue weighted by Crippen LogP contribution is 2.35. The van der Waals surface area contributed by atoms with Crippen molar-refractivity contribution < 1.29 is 23.5 Å². The zero-order valence-electron chi connectivity index (χ0n) is 19.2. The molecule has 0 unspecified atom stereocenters. The summed E-state index contributed by atoms with van der Waals surface area (Å²) in [5.41, 5.74) is 2.16. The van der Waals surface area contributed by atoms with E-state index < -0.39 is 23.7 Å². The van der Waals surface area contributed by atoms with Crippen LogP contribution in [0.2, 0.25) is 0 Å². The van der Waals surface area contributed by atoms with Crippen molar-refractivity contribution in [1.29, 1.82) is 0 Å². The Morgan fingerprint density at radius 3 is 2.45 bits per heavy atom. The molecule has 1 aliphatic rings. The number of rotatable bonds is 4. The predicted molar refractivity (Wildman–Crippen MR) is 123 cm³/mol. The second-order valence-corrected chi connectivity index (χ2v) is 9.25. The van der Waals surface area contributed by atoms with Gasteiger partial charge in [0.1, 0.15) is 16.9 Å². The van der Waals surface area contributed by atoms with E-state index in [4.69, 9.17) is 13.9 Å². The first-order chi connectivity index (χ1) is 15.6. The van der Waals surface area contributed by atoms with Gasteiger partial charge in [0.05, 0.1) is 5.39 Å². The van der Waals surface area contributed by atoms with Crippen molar-refractivity contribution in [2.45, 2.75) is 58.6 Å². The largest absolute Gasteiger partial charge is 0.444 e. The highest BCUT2D eigenvalue weighted by Gasteiger charge is 2.29. The van der Waals surface area contributed by atoms with Crippen molar-refractivity contribution in [2.24, 2.45) is 0 Å². The molecule has 7 heteroatoms. The van der Waals surface area contributed by atoms with Crippen molar-refractivity contribution in [3.63, 3.8) is 0 Å². The van der Waals surface area contributed by atoms with E-state index in [2.05, 4.69) is 5.32 Å². The van der Waals surface area contributed by atoms with Gasteiger partial charge in [0.25, 0.3) is 0 Å². The molecule has 0 bridgehead atoms. The first kappa shape index (κ1) is 22.6. The van der Waals surface area contributed by atoms with Crippen molar-refractivity contribution in [1.82, 2.24) is 5.32 Å². The van der Waals surface area contributed by atoms with Crippen molar-refractivity contribution >= 4 is 23.0 Å². The number of carbonyl (C=O) groups is 2. The summed E-state index contributed by atoms with van der Waals surface area (Å²) >= 11 is 0. The number of fused-ring (bicyclic) bond motifs is 3. The summed E-state index contributed by atoms with van der Waals surface area (Å²) in [5.74, 6) is -0.360. The standard InChI is InChI=1S/C26H27NO6/c1-15-13-19-21(17-11-8-12-18(17)23(28)31-19)20(14-15)32-24(29)22(16-9-6-5-7-10-16)27-25(30)33-26(2,3)4/h5-7,9-10,13-14,22H,8,11-12H2,1-4H3,(H,27,30)/t22-/m1/s1. The van der Waals surface area contributed by atoms with Gasteiger partial charge in [-0.2, -0.15) is 0 Å². The van der Waals surface area contributed by atoms with Gasteiger partial charge in [0, 0.05) is 5.56 Å². The maximum absolute atomic E-state index is 13.4. The molecule has 1 amide bonds. The molecule has 0 saturated carbocycles. The van der Waals surface area contributed by atoms with E-state index in [1.807, 2.05) is 13.0 Å². The molecule has 1 heterocycles. The lowest BCUT2D eigenvalue weighted by molar-refractivity contribution is -0.136. The Morgan fingerprint density at radius 2 is 1.76 bits per heavy atom. The molecule has 0 saturated heterocycles. The predicted octanol–water partition coefficient (Wildman–Crippen LogP) is 4.76. The van der Waals surface area contributed by atoms with Crippen LogP contribution in [0.15, 0.2) is 51.7 Å². The highest BCUT2D eigenvalue weighted by atomic mass is 16.6. The van der Waals surface area contributed by atoms with Gasteiger partial charge in [-0.3, -0.25) is 0 Å². The van der Waals surface area contributed by atoms with Gasteiger partial charge in [-0.15, -0.1) is 0 Å². The van der Waals surface area contributed by atoms with Crippen LogP contribution >= 0.6 is 0 Å². The first-order valence-electron chi connectivity index (χ1n) is 11.0. The summed E-state index contributed by atoms with van der Waals surface area (Å²) in [6.07, 6.45) is 1.47. The molecular weight excluding hydrogens is 422 g/mol. The second kappa shape index (κ2) is 8.73. The quantitative estimate of drug-likeness (QED) is 0.351.